The number of rotatable bonds is 3. The second-order valence-electron chi connectivity index (χ2n) is 4.44. The molecule has 0 aliphatic heterocycles. The molecule has 0 unspecified atom stereocenters. The monoisotopic (exact) mass is 269 g/mol. The molecule has 0 bridgehead atoms. The van der Waals surface area contributed by atoms with Gasteiger partial charge in [-0.1, -0.05) is 17.3 Å². The third-order valence-corrected chi connectivity index (χ3v) is 2.91. The first-order valence-electron chi connectivity index (χ1n) is 6.14. The highest BCUT2D eigenvalue weighted by atomic mass is 19.1. The van der Waals surface area contributed by atoms with Gasteiger partial charge in [0.1, 0.15) is 5.82 Å². The molecule has 1 heterocycles. The Kier molecular flexibility index (Phi) is 3.16. The third kappa shape index (κ3) is 2.66. The van der Waals surface area contributed by atoms with Crippen LogP contribution in [0.2, 0.25) is 0 Å². The van der Waals surface area contributed by atoms with Gasteiger partial charge in [0.2, 0.25) is 11.7 Å². The maximum absolute atomic E-state index is 12.9. The smallest absolute Gasteiger partial charge is 0.231 e. The minimum absolute atomic E-state index is 0.292. The lowest BCUT2D eigenvalue weighted by atomic mass is 10.1. The highest BCUT2D eigenvalue weighted by Crippen LogP contribution is 2.17. The normalized spacial score (nSPS) is 10.7. The molecule has 100 valence electrons. The largest absolute Gasteiger partial charge is 0.399 e. The van der Waals surface area contributed by atoms with Crippen LogP contribution in [0.15, 0.2) is 53.1 Å². The van der Waals surface area contributed by atoms with Crippen LogP contribution in [0, 0.1) is 5.82 Å². The lowest BCUT2D eigenvalue weighted by Gasteiger charge is -1.97. The summed E-state index contributed by atoms with van der Waals surface area (Å²) in [6, 6.07) is 13.4. The molecule has 3 rings (SSSR count). The van der Waals surface area contributed by atoms with Crippen LogP contribution in [0.5, 0.6) is 0 Å². The molecule has 4 nitrogen and oxygen atoms in total. The molecule has 0 amide bonds. The predicted molar refractivity (Wildman–Crippen MR) is 73.4 cm³/mol. The van der Waals surface area contributed by atoms with Crippen LogP contribution in [0.25, 0.3) is 11.4 Å². The van der Waals surface area contributed by atoms with E-state index in [9.17, 15) is 4.39 Å². The van der Waals surface area contributed by atoms with E-state index in [4.69, 9.17) is 10.3 Å². The van der Waals surface area contributed by atoms with Crippen LogP contribution in [0.1, 0.15) is 11.5 Å². The van der Waals surface area contributed by atoms with E-state index in [1.54, 1.807) is 12.1 Å². The van der Waals surface area contributed by atoms with E-state index in [0.29, 0.717) is 23.8 Å². The number of nitrogens with zero attached hydrogens (tertiary/aromatic N) is 2. The summed E-state index contributed by atoms with van der Waals surface area (Å²) in [5, 5.41) is 3.90. The van der Waals surface area contributed by atoms with E-state index < -0.39 is 0 Å². The summed E-state index contributed by atoms with van der Waals surface area (Å²) in [5.41, 5.74) is 8.10. The van der Waals surface area contributed by atoms with Crippen molar-refractivity contribution in [2.24, 2.45) is 0 Å². The van der Waals surface area contributed by atoms with Gasteiger partial charge in [-0.05, 0) is 42.0 Å². The molecule has 0 fully saturated rings. The summed E-state index contributed by atoms with van der Waals surface area (Å²) in [5.74, 6) is 0.670. The van der Waals surface area contributed by atoms with E-state index in [1.807, 2.05) is 24.3 Å². The van der Waals surface area contributed by atoms with Crippen molar-refractivity contribution in [3.63, 3.8) is 0 Å². The topological polar surface area (TPSA) is 64.9 Å². The van der Waals surface area contributed by atoms with E-state index in [1.165, 1.54) is 12.1 Å². The van der Waals surface area contributed by atoms with Gasteiger partial charge < -0.3 is 10.3 Å². The Morgan fingerprint density at radius 1 is 1.00 bits per heavy atom. The number of halogens is 1. The van der Waals surface area contributed by atoms with E-state index >= 15 is 0 Å². The molecule has 20 heavy (non-hydrogen) atoms. The minimum atomic E-state index is -0.292. The van der Waals surface area contributed by atoms with Gasteiger partial charge in [0, 0.05) is 11.3 Å². The first-order valence-corrected chi connectivity index (χ1v) is 6.14. The summed E-state index contributed by atoms with van der Waals surface area (Å²) in [7, 11) is 0. The van der Waals surface area contributed by atoms with Gasteiger partial charge in [0.15, 0.2) is 0 Å². The molecule has 2 N–H and O–H groups in total. The van der Waals surface area contributed by atoms with Crippen LogP contribution >= 0.6 is 0 Å². The Balaban J connectivity index is 1.80. The third-order valence-electron chi connectivity index (χ3n) is 2.91. The molecule has 2 aromatic carbocycles. The molecular formula is C15H12FN3O. The number of anilines is 1. The lowest BCUT2D eigenvalue weighted by molar-refractivity contribution is 0.385. The van der Waals surface area contributed by atoms with Gasteiger partial charge in [-0.2, -0.15) is 4.98 Å². The fourth-order valence-electron chi connectivity index (χ4n) is 1.85. The van der Waals surface area contributed by atoms with Gasteiger partial charge >= 0.3 is 0 Å². The van der Waals surface area contributed by atoms with Gasteiger partial charge in [-0.15, -0.1) is 0 Å². The quantitative estimate of drug-likeness (QED) is 0.742. The Labute approximate surface area is 115 Å². The maximum Gasteiger partial charge on any atom is 0.231 e. The Morgan fingerprint density at radius 2 is 1.70 bits per heavy atom. The number of hydrogen-bond acceptors (Lipinski definition) is 4. The average Bonchev–Trinajstić information content (AvgIpc) is 2.91. The van der Waals surface area contributed by atoms with Crippen molar-refractivity contribution in [1.82, 2.24) is 10.1 Å². The number of hydrogen-bond donors (Lipinski definition) is 1. The zero-order chi connectivity index (χ0) is 13.9. The Bertz CT molecular complexity index is 705. The summed E-state index contributed by atoms with van der Waals surface area (Å²) >= 11 is 0. The molecule has 0 aliphatic carbocycles. The summed E-state index contributed by atoms with van der Waals surface area (Å²) in [6.07, 6.45) is 0.536. The first kappa shape index (κ1) is 12.3. The van der Waals surface area contributed by atoms with Crippen molar-refractivity contribution < 1.29 is 8.91 Å². The Morgan fingerprint density at radius 3 is 2.40 bits per heavy atom. The highest BCUT2D eigenvalue weighted by molar-refractivity contribution is 5.53. The van der Waals surface area contributed by atoms with Crippen LogP contribution in [-0.4, -0.2) is 10.1 Å². The summed E-state index contributed by atoms with van der Waals surface area (Å²) in [6.45, 7) is 0. The van der Waals surface area contributed by atoms with Gasteiger partial charge in [0.05, 0.1) is 6.42 Å². The second-order valence-corrected chi connectivity index (χ2v) is 4.44. The fourth-order valence-corrected chi connectivity index (χ4v) is 1.85. The molecule has 0 saturated heterocycles. The zero-order valence-corrected chi connectivity index (χ0v) is 10.6. The highest BCUT2D eigenvalue weighted by Gasteiger charge is 2.09. The molecule has 0 atom stereocenters. The SMILES string of the molecule is Nc1ccc(Cc2nc(-c3ccc(F)cc3)no2)cc1. The van der Waals surface area contributed by atoms with E-state index in [-0.39, 0.29) is 5.82 Å². The summed E-state index contributed by atoms with van der Waals surface area (Å²) in [4.78, 5) is 4.30. The first-order chi connectivity index (χ1) is 9.70. The molecule has 0 radical (unpaired) electrons. The van der Waals surface area contributed by atoms with Crippen molar-refractivity contribution in [2.45, 2.75) is 6.42 Å². The standard InChI is InChI=1S/C15H12FN3O/c16-12-5-3-11(4-6-12)15-18-14(20-19-15)9-10-1-7-13(17)8-2-10/h1-8H,9,17H2. The van der Waals surface area contributed by atoms with E-state index in [2.05, 4.69) is 10.1 Å². The predicted octanol–water partition coefficient (Wildman–Crippen LogP) is 3.05. The maximum atomic E-state index is 12.9. The van der Waals surface area contributed by atoms with Crippen LogP contribution in [-0.2, 0) is 6.42 Å². The van der Waals surface area contributed by atoms with Crippen molar-refractivity contribution in [3.05, 3.63) is 65.8 Å². The van der Waals surface area contributed by atoms with Crippen molar-refractivity contribution in [1.29, 1.82) is 0 Å². The number of nitrogens with two attached hydrogens (primary N) is 1. The molecule has 0 saturated carbocycles. The summed E-state index contributed by atoms with van der Waals surface area (Å²) < 4.78 is 18.1. The second kappa shape index (κ2) is 5.13. The zero-order valence-electron chi connectivity index (χ0n) is 10.6. The molecule has 1 aromatic heterocycles. The lowest BCUT2D eigenvalue weighted by Crippen LogP contribution is -1.90. The van der Waals surface area contributed by atoms with Gasteiger partial charge in [-0.3, -0.25) is 0 Å². The molecule has 0 spiro atoms. The van der Waals surface area contributed by atoms with Crippen molar-refractivity contribution in [2.75, 3.05) is 5.73 Å². The minimum Gasteiger partial charge on any atom is -0.399 e. The number of benzene rings is 2. The number of nitrogen functional groups attached to an aromatic ring is 1. The fraction of sp³-hybridized carbons (Fsp3) is 0.0667. The Hall–Kier alpha value is -2.69. The van der Waals surface area contributed by atoms with Crippen molar-refractivity contribution >= 4 is 5.69 Å². The molecule has 5 heteroatoms. The van der Waals surface area contributed by atoms with Gasteiger partial charge in [-0.25, -0.2) is 4.39 Å². The molecule has 0 aliphatic rings. The molecular weight excluding hydrogens is 257 g/mol. The van der Waals surface area contributed by atoms with Crippen LogP contribution in [0.3, 0.4) is 0 Å². The number of aromatic nitrogens is 2. The van der Waals surface area contributed by atoms with Crippen LogP contribution in [0.4, 0.5) is 10.1 Å². The van der Waals surface area contributed by atoms with Crippen molar-refractivity contribution in [3.8, 4) is 11.4 Å². The molecule has 3 aromatic rings. The van der Waals surface area contributed by atoms with E-state index in [0.717, 1.165) is 11.1 Å². The average molecular weight is 269 g/mol. The van der Waals surface area contributed by atoms with Gasteiger partial charge in [0.25, 0.3) is 0 Å². The van der Waals surface area contributed by atoms with Crippen LogP contribution < -0.4 is 5.73 Å².